The van der Waals surface area contributed by atoms with E-state index in [2.05, 4.69) is 20.9 Å². The highest BCUT2D eigenvalue weighted by atomic mass is 79.9. The van der Waals surface area contributed by atoms with Gasteiger partial charge in [-0.05, 0) is 67.0 Å². The molecule has 0 aliphatic heterocycles. The van der Waals surface area contributed by atoms with Crippen LogP contribution in [0.25, 0.3) is 10.9 Å². The molecule has 0 bridgehead atoms. The first-order valence-electron chi connectivity index (χ1n) is 8.33. The predicted molar refractivity (Wildman–Crippen MR) is 106 cm³/mol. The average Bonchev–Trinajstić information content (AvgIpc) is 2.60. The van der Waals surface area contributed by atoms with Crippen molar-refractivity contribution < 1.29 is 19.1 Å². The van der Waals surface area contributed by atoms with E-state index >= 15 is 0 Å². The average molecular weight is 428 g/mol. The standard InChI is InChI=1S/C21H18BrNO4/c1-21(2,3)27-20(25)15-10-9-14(12-16(15)22)19(24)26-17-8-4-6-13-7-5-11-23-18(13)17/h4-12H,1-3H3. The van der Waals surface area contributed by atoms with E-state index in [4.69, 9.17) is 9.47 Å². The van der Waals surface area contributed by atoms with Crippen molar-refractivity contribution in [2.45, 2.75) is 26.4 Å². The Hall–Kier alpha value is -2.73. The molecular formula is C21H18BrNO4. The molecular weight excluding hydrogens is 410 g/mol. The van der Waals surface area contributed by atoms with E-state index in [9.17, 15) is 9.59 Å². The Balaban J connectivity index is 1.83. The molecule has 0 aliphatic carbocycles. The fourth-order valence-corrected chi connectivity index (χ4v) is 3.00. The number of rotatable bonds is 3. The number of ether oxygens (including phenoxy) is 2. The quantitative estimate of drug-likeness (QED) is 0.425. The molecule has 0 amide bonds. The number of pyridine rings is 1. The third kappa shape index (κ3) is 4.52. The second kappa shape index (κ2) is 7.48. The van der Waals surface area contributed by atoms with Gasteiger partial charge in [0, 0.05) is 16.1 Å². The lowest BCUT2D eigenvalue weighted by molar-refractivity contribution is 0.00681. The van der Waals surface area contributed by atoms with Gasteiger partial charge in [-0.1, -0.05) is 18.2 Å². The smallest absolute Gasteiger partial charge is 0.343 e. The van der Waals surface area contributed by atoms with Crippen LogP contribution in [0.15, 0.2) is 59.2 Å². The Morgan fingerprint density at radius 1 is 1.00 bits per heavy atom. The van der Waals surface area contributed by atoms with Gasteiger partial charge < -0.3 is 9.47 Å². The maximum absolute atomic E-state index is 12.5. The molecule has 1 heterocycles. The maximum Gasteiger partial charge on any atom is 0.343 e. The van der Waals surface area contributed by atoms with Crippen molar-refractivity contribution in [3.05, 3.63) is 70.3 Å². The van der Waals surface area contributed by atoms with E-state index in [-0.39, 0.29) is 0 Å². The van der Waals surface area contributed by atoms with Gasteiger partial charge >= 0.3 is 11.9 Å². The second-order valence-corrected chi connectivity index (χ2v) is 7.77. The maximum atomic E-state index is 12.5. The summed E-state index contributed by atoms with van der Waals surface area (Å²) >= 11 is 3.33. The van der Waals surface area contributed by atoms with E-state index in [0.717, 1.165) is 5.39 Å². The van der Waals surface area contributed by atoms with Crippen molar-refractivity contribution in [2.24, 2.45) is 0 Å². The summed E-state index contributed by atoms with van der Waals surface area (Å²) in [4.78, 5) is 29.0. The highest BCUT2D eigenvalue weighted by molar-refractivity contribution is 9.10. The molecule has 5 nitrogen and oxygen atoms in total. The molecule has 0 N–H and O–H groups in total. The van der Waals surface area contributed by atoms with Crippen LogP contribution in [-0.4, -0.2) is 22.5 Å². The molecule has 6 heteroatoms. The van der Waals surface area contributed by atoms with Crippen LogP contribution in [-0.2, 0) is 4.74 Å². The molecule has 2 aromatic carbocycles. The van der Waals surface area contributed by atoms with Gasteiger partial charge in [0.1, 0.15) is 11.1 Å². The van der Waals surface area contributed by atoms with Crippen LogP contribution in [0, 0.1) is 0 Å². The fraction of sp³-hybridized carbons (Fsp3) is 0.190. The minimum Gasteiger partial charge on any atom is -0.456 e. The van der Waals surface area contributed by atoms with Gasteiger partial charge in [-0.25, -0.2) is 9.59 Å². The minimum atomic E-state index is -0.602. The first-order chi connectivity index (χ1) is 12.7. The number of halogens is 1. The van der Waals surface area contributed by atoms with E-state index in [0.29, 0.717) is 26.9 Å². The fourth-order valence-electron chi connectivity index (χ4n) is 2.46. The Kier molecular flexibility index (Phi) is 5.28. The number of fused-ring (bicyclic) bond motifs is 1. The van der Waals surface area contributed by atoms with E-state index in [1.807, 2.05) is 18.2 Å². The predicted octanol–water partition coefficient (Wildman–Crippen LogP) is 5.17. The van der Waals surface area contributed by atoms with E-state index < -0.39 is 17.5 Å². The van der Waals surface area contributed by atoms with Crippen molar-refractivity contribution in [2.75, 3.05) is 0 Å². The minimum absolute atomic E-state index is 0.308. The summed E-state index contributed by atoms with van der Waals surface area (Å²) in [5, 5.41) is 0.879. The zero-order chi connectivity index (χ0) is 19.6. The van der Waals surface area contributed by atoms with Crippen LogP contribution < -0.4 is 4.74 Å². The molecule has 138 valence electrons. The zero-order valence-electron chi connectivity index (χ0n) is 15.2. The summed E-state index contributed by atoms with van der Waals surface area (Å²) in [6, 6.07) is 13.7. The summed E-state index contributed by atoms with van der Waals surface area (Å²) in [7, 11) is 0. The SMILES string of the molecule is CC(C)(C)OC(=O)c1ccc(C(=O)Oc2cccc3cccnc23)cc1Br. The highest BCUT2D eigenvalue weighted by Crippen LogP contribution is 2.26. The first kappa shape index (κ1) is 19.0. The zero-order valence-corrected chi connectivity index (χ0v) is 16.7. The van der Waals surface area contributed by atoms with Gasteiger partial charge in [-0.2, -0.15) is 0 Å². The van der Waals surface area contributed by atoms with Crippen LogP contribution >= 0.6 is 15.9 Å². The van der Waals surface area contributed by atoms with Crippen molar-refractivity contribution in [1.82, 2.24) is 4.98 Å². The molecule has 0 saturated carbocycles. The summed E-state index contributed by atoms with van der Waals surface area (Å²) in [6.07, 6.45) is 1.64. The van der Waals surface area contributed by atoms with Crippen LogP contribution in [0.4, 0.5) is 0 Å². The lowest BCUT2D eigenvalue weighted by Crippen LogP contribution is -2.24. The van der Waals surface area contributed by atoms with Crippen molar-refractivity contribution in [3.63, 3.8) is 0 Å². The molecule has 3 aromatic rings. The molecule has 0 radical (unpaired) electrons. The second-order valence-electron chi connectivity index (χ2n) is 6.92. The molecule has 0 fully saturated rings. The number of nitrogens with zero attached hydrogens (tertiary/aromatic N) is 1. The van der Waals surface area contributed by atoms with E-state index in [1.54, 1.807) is 45.2 Å². The Morgan fingerprint density at radius 3 is 2.44 bits per heavy atom. The molecule has 3 rings (SSSR count). The van der Waals surface area contributed by atoms with Gasteiger partial charge in [0.25, 0.3) is 0 Å². The number of hydrogen-bond acceptors (Lipinski definition) is 5. The van der Waals surface area contributed by atoms with Gasteiger partial charge in [-0.3, -0.25) is 4.98 Å². The van der Waals surface area contributed by atoms with Crippen LogP contribution in [0.1, 0.15) is 41.5 Å². The Morgan fingerprint density at radius 2 is 1.74 bits per heavy atom. The molecule has 27 heavy (non-hydrogen) atoms. The van der Waals surface area contributed by atoms with E-state index in [1.165, 1.54) is 12.1 Å². The van der Waals surface area contributed by atoms with Crippen molar-refractivity contribution in [1.29, 1.82) is 0 Å². The monoisotopic (exact) mass is 427 g/mol. The van der Waals surface area contributed by atoms with Gasteiger partial charge in [0.15, 0.2) is 5.75 Å². The lowest BCUT2D eigenvalue weighted by Gasteiger charge is -2.20. The Labute approximate surface area is 165 Å². The Bertz CT molecular complexity index is 1020. The molecule has 0 saturated heterocycles. The number of para-hydroxylation sites is 1. The number of benzene rings is 2. The summed E-state index contributed by atoms with van der Waals surface area (Å²) in [5.74, 6) is -0.623. The van der Waals surface area contributed by atoms with Gasteiger partial charge in [-0.15, -0.1) is 0 Å². The largest absolute Gasteiger partial charge is 0.456 e. The van der Waals surface area contributed by atoms with Crippen LogP contribution in [0.5, 0.6) is 5.75 Å². The first-order valence-corrected chi connectivity index (χ1v) is 9.13. The van der Waals surface area contributed by atoms with Gasteiger partial charge in [0.2, 0.25) is 0 Å². The summed E-state index contributed by atoms with van der Waals surface area (Å²) < 4.78 is 11.3. The number of carbonyl (C=O) groups is 2. The number of hydrogen-bond donors (Lipinski definition) is 0. The van der Waals surface area contributed by atoms with Crippen LogP contribution in [0.2, 0.25) is 0 Å². The third-order valence-electron chi connectivity index (χ3n) is 3.62. The van der Waals surface area contributed by atoms with Crippen LogP contribution in [0.3, 0.4) is 0 Å². The summed E-state index contributed by atoms with van der Waals surface area (Å²) in [5.41, 5.74) is 0.656. The lowest BCUT2D eigenvalue weighted by atomic mass is 10.1. The molecule has 0 unspecified atom stereocenters. The van der Waals surface area contributed by atoms with Gasteiger partial charge in [0.05, 0.1) is 11.1 Å². The highest BCUT2D eigenvalue weighted by Gasteiger charge is 2.21. The number of esters is 2. The molecule has 0 aliphatic rings. The third-order valence-corrected chi connectivity index (χ3v) is 4.28. The molecule has 0 spiro atoms. The number of carbonyl (C=O) groups excluding carboxylic acids is 2. The van der Waals surface area contributed by atoms with Crippen molar-refractivity contribution >= 4 is 38.8 Å². The molecule has 0 atom stereocenters. The molecule has 1 aromatic heterocycles. The topological polar surface area (TPSA) is 65.5 Å². The normalized spacial score (nSPS) is 11.3. The number of aromatic nitrogens is 1. The van der Waals surface area contributed by atoms with Crippen molar-refractivity contribution in [3.8, 4) is 5.75 Å². The summed E-state index contributed by atoms with van der Waals surface area (Å²) in [6.45, 7) is 5.38.